The Morgan fingerprint density at radius 3 is 2.14 bits per heavy atom. The number of rotatable bonds is 6. The smallest absolute Gasteiger partial charge is 0.261 e. The van der Waals surface area contributed by atoms with Crippen molar-refractivity contribution in [2.24, 2.45) is 0 Å². The number of amides is 2. The number of carbonyl (C=O) groups is 2. The fraction of sp³-hybridized carbons (Fsp3) is 0.105. The van der Waals surface area contributed by atoms with Gasteiger partial charge in [0, 0.05) is 6.54 Å². The Morgan fingerprint density at radius 2 is 1.50 bits per heavy atom. The van der Waals surface area contributed by atoms with Gasteiger partial charge in [-0.2, -0.15) is 0 Å². The minimum atomic E-state index is -3.89. The van der Waals surface area contributed by atoms with Crippen molar-refractivity contribution in [3.05, 3.63) is 71.9 Å². The van der Waals surface area contributed by atoms with Crippen molar-refractivity contribution in [2.75, 3.05) is 17.0 Å². The molecular weight excluding hydrogens is 382 g/mol. The first-order valence-corrected chi connectivity index (χ1v) is 10.1. The fourth-order valence-electron chi connectivity index (χ4n) is 2.98. The van der Waals surface area contributed by atoms with Gasteiger partial charge < -0.3 is 4.52 Å². The van der Waals surface area contributed by atoms with Crippen molar-refractivity contribution in [2.45, 2.75) is 0 Å². The van der Waals surface area contributed by atoms with Crippen molar-refractivity contribution in [3.63, 3.8) is 0 Å². The lowest BCUT2D eigenvalue weighted by atomic mass is 10.1. The van der Waals surface area contributed by atoms with E-state index in [9.17, 15) is 18.0 Å². The number of fused-ring (bicyclic) bond motifs is 1. The maximum absolute atomic E-state index is 12.5. The monoisotopic (exact) mass is 397 g/mol. The molecular formula is C19H15N3O5S. The third-order valence-electron chi connectivity index (χ3n) is 4.37. The summed E-state index contributed by atoms with van der Waals surface area (Å²) in [6.45, 7) is -0.267. The lowest BCUT2D eigenvalue weighted by molar-refractivity contribution is 0.0664. The average Bonchev–Trinajstić information content (AvgIpc) is 3.24. The molecule has 4 rings (SSSR count). The van der Waals surface area contributed by atoms with Gasteiger partial charge in [0.2, 0.25) is 15.9 Å². The number of aromatic nitrogens is 1. The van der Waals surface area contributed by atoms with E-state index in [0.717, 1.165) is 10.5 Å². The quantitative estimate of drug-likeness (QED) is 0.640. The molecule has 0 spiro atoms. The first-order valence-electron chi connectivity index (χ1n) is 8.42. The summed E-state index contributed by atoms with van der Waals surface area (Å²) in [5.41, 5.74) is 1.78. The highest BCUT2D eigenvalue weighted by atomic mass is 32.2. The topological polar surface area (TPSA) is 110 Å². The molecule has 0 bridgehead atoms. The highest BCUT2D eigenvalue weighted by Gasteiger charge is 2.35. The number of nitrogens with zero attached hydrogens (tertiary/aromatic N) is 2. The van der Waals surface area contributed by atoms with E-state index in [1.807, 2.05) is 18.2 Å². The first kappa shape index (κ1) is 17.9. The minimum absolute atomic E-state index is 0.0199. The Labute approximate surface area is 160 Å². The molecule has 1 aliphatic rings. The van der Waals surface area contributed by atoms with Gasteiger partial charge >= 0.3 is 0 Å². The Hall–Kier alpha value is -3.46. The molecule has 1 aliphatic heterocycles. The van der Waals surface area contributed by atoms with Crippen molar-refractivity contribution >= 4 is 27.7 Å². The third-order valence-corrected chi connectivity index (χ3v) is 5.58. The van der Waals surface area contributed by atoms with E-state index in [-0.39, 0.29) is 23.6 Å². The summed E-state index contributed by atoms with van der Waals surface area (Å²) in [6, 6.07) is 15.4. The van der Waals surface area contributed by atoms with Crippen LogP contribution < -0.4 is 4.72 Å². The zero-order valence-corrected chi connectivity index (χ0v) is 15.3. The van der Waals surface area contributed by atoms with Gasteiger partial charge in [-0.3, -0.25) is 19.2 Å². The average molecular weight is 397 g/mol. The summed E-state index contributed by atoms with van der Waals surface area (Å²) in [4.78, 5) is 25.6. The van der Waals surface area contributed by atoms with Crippen LogP contribution in [0, 0.1) is 0 Å². The molecule has 8 nitrogen and oxygen atoms in total. The van der Waals surface area contributed by atoms with Crippen molar-refractivity contribution < 1.29 is 22.5 Å². The lowest BCUT2D eigenvalue weighted by Gasteiger charge is -2.14. The van der Waals surface area contributed by atoms with Crippen molar-refractivity contribution in [3.8, 4) is 11.1 Å². The highest BCUT2D eigenvalue weighted by Crippen LogP contribution is 2.28. The van der Waals surface area contributed by atoms with Crippen LogP contribution in [0.2, 0.25) is 0 Å². The van der Waals surface area contributed by atoms with Gasteiger partial charge in [-0.1, -0.05) is 47.6 Å². The van der Waals surface area contributed by atoms with Crippen LogP contribution in [-0.4, -0.2) is 42.6 Å². The molecule has 0 atom stereocenters. The van der Waals surface area contributed by atoms with Crippen LogP contribution in [0.4, 0.5) is 5.88 Å². The second-order valence-corrected chi connectivity index (χ2v) is 8.00. The van der Waals surface area contributed by atoms with E-state index in [1.165, 1.54) is 6.20 Å². The lowest BCUT2D eigenvalue weighted by Crippen LogP contribution is -2.35. The molecule has 0 saturated heterocycles. The van der Waals surface area contributed by atoms with Gasteiger partial charge in [0.1, 0.15) is 0 Å². The Morgan fingerprint density at radius 1 is 0.893 bits per heavy atom. The molecule has 0 aliphatic carbocycles. The van der Waals surface area contributed by atoms with Gasteiger partial charge in [-0.15, -0.1) is 0 Å². The summed E-state index contributed by atoms with van der Waals surface area (Å²) in [5.74, 6) is -1.48. The van der Waals surface area contributed by atoms with Gasteiger partial charge in [-0.25, -0.2) is 8.42 Å². The summed E-state index contributed by atoms with van der Waals surface area (Å²) >= 11 is 0. The van der Waals surface area contributed by atoms with Crippen LogP contribution in [-0.2, 0) is 10.0 Å². The van der Waals surface area contributed by atoms with Gasteiger partial charge in [0.15, 0.2) is 0 Å². The zero-order valence-electron chi connectivity index (χ0n) is 14.5. The van der Waals surface area contributed by atoms with Crippen LogP contribution in [0.5, 0.6) is 0 Å². The number of carbonyl (C=O) groups excluding carboxylic acids is 2. The summed E-state index contributed by atoms with van der Waals surface area (Å²) in [5, 5.41) is 3.65. The summed E-state index contributed by atoms with van der Waals surface area (Å²) < 4.78 is 32.3. The predicted octanol–water partition coefficient (Wildman–Crippen LogP) is 2.38. The summed E-state index contributed by atoms with van der Waals surface area (Å²) in [7, 11) is -3.89. The number of sulfonamides is 1. The zero-order chi connectivity index (χ0) is 19.7. The van der Waals surface area contributed by atoms with Gasteiger partial charge in [0.25, 0.3) is 11.8 Å². The first-order chi connectivity index (χ1) is 13.5. The minimum Gasteiger partial charge on any atom is -0.337 e. The number of hydrogen-bond acceptors (Lipinski definition) is 6. The number of anilines is 1. The molecule has 0 saturated carbocycles. The molecule has 2 aromatic carbocycles. The second kappa shape index (κ2) is 6.93. The van der Waals surface area contributed by atoms with E-state index < -0.39 is 27.6 Å². The van der Waals surface area contributed by atoms with Crippen LogP contribution >= 0.6 is 0 Å². The maximum atomic E-state index is 12.5. The van der Waals surface area contributed by atoms with Crippen LogP contribution in [0.25, 0.3) is 11.1 Å². The molecule has 3 aromatic rings. The van der Waals surface area contributed by atoms with Crippen LogP contribution in [0.1, 0.15) is 20.7 Å². The Balaban J connectivity index is 1.48. The Bertz CT molecular complexity index is 1120. The van der Waals surface area contributed by atoms with E-state index in [4.69, 9.17) is 4.52 Å². The molecule has 2 amide bonds. The Kier molecular flexibility index (Phi) is 4.44. The maximum Gasteiger partial charge on any atom is 0.261 e. The normalized spacial score (nSPS) is 13.6. The molecule has 142 valence electrons. The molecule has 1 aromatic heterocycles. The standard InChI is InChI=1S/C19H15N3O5S/c23-18-14-8-4-5-9-15(14)19(24)22(18)10-11-28(25,26)21-17-16(12-20-27-17)13-6-2-1-3-7-13/h1-9,12,21H,10-11H2. The van der Waals surface area contributed by atoms with Crippen LogP contribution in [0.15, 0.2) is 65.3 Å². The number of imide groups is 1. The van der Waals surface area contributed by atoms with Crippen LogP contribution in [0.3, 0.4) is 0 Å². The summed E-state index contributed by atoms with van der Waals surface area (Å²) in [6.07, 6.45) is 1.41. The molecule has 0 radical (unpaired) electrons. The molecule has 28 heavy (non-hydrogen) atoms. The third kappa shape index (κ3) is 3.27. The largest absolute Gasteiger partial charge is 0.337 e. The van der Waals surface area contributed by atoms with Gasteiger partial charge in [0.05, 0.1) is 28.6 Å². The number of benzene rings is 2. The molecule has 0 fully saturated rings. The van der Waals surface area contributed by atoms with E-state index in [2.05, 4.69) is 9.88 Å². The molecule has 0 unspecified atom stereocenters. The predicted molar refractivity (Wildman–Crippen MR) is 101 cm³/mol. The second-order valence-electron chi connectivity index (χ2n) is 6.16. The van der Waals surface area contributed by atoms with Crippen molar-refractivity contribution in [1.29, 1.82) is 0 Å². The molecule has 9 heteroatoms. The van der Waals surface area contributed by atoms with E-state index >= 15 is 0 Å². The fourth-order valence-corrected chi connectivity index (χ4v) is 3.94. The highest BCUT2D eigenvalue weighted by molar-refractivity contribution is 7.92. The number of hydrogen-bond donors (Lipinski definition) is 1. The molecule has 2 heterocycles. The molecule has 1 N–H and O–H groups in total. The van der Waals surface area contributed by atoms with Gasteiger partial charge in [-0.05, 0) is 17.7 Å². The van der Waals surface area contributed by atoms with Crippen molar-refractivity contribution in [1.82, 2.24) is 10.1 Å². The van der Waals surface area contributed by atoms with E-state index in [0.29, 0.717) is 5.56 Å². The van der Waals surface area contributed by atoms with E-state index in [1.54, 1.807) is 36.4 Å². The SMILES string of the molecule is O=C1c2ccccc2C(=O)N1CCS(=O)(=O)Nc1oncc1-c1ccccc1. The number of nitrogens with one attached hydrogen (secondary N) is 1.